The fourth-order valence-electron chi connectivity index (χ4n) is 1.76. The minimum atomic E-state index is -0.351. The summed E-state index contributed by atoms with van der Waals surface area (Å²) >= 11 is 0. The Bertz CT molecular complexity index is 414. The predicted molar refractivity (Wildman–Crippen MR) is 61.3 cm³/mol. The highest BCUT2D eigenvalue weighted by Crippen LogP contribution is 2.24. The van der Waals surface area contributed by atoms with E-state index in [0.29, 0.717) is 12.2 Å². The van der Waals surface area contributed by atoms with Crippen LogP contribution in [0.3, 0.4) is 0 Å². The van der Waals surface area contributed by atoms with Crippen LogP contribution in [0.4, 0.5) is 4.39 Å². The minimum Gasteiger partial charge on any atom is -0.496 e. The second-order valence-corrected chi connectivity index (χ2v) is 4.08. The Balaban J connectivity index is 2.22. The van der Waals surface area contributed by atoms with Gasteiger partial charge < -0.3 is 10.5 Å². The Labute approximate surface area is 94.9 Å². The van der Waals surface area contributed by atoms with Gasteiger partial charge in [-0.2, -0.15) is 0 Å². The van der Waals surface area contributed by atoms with E-state index >= 15 is 0 Å². The highest BCUT2D eigenvalue weighted by Gasteiger charge is 2.16. The molecule has 2 rings (SSSR count). The number of benzene rings is 1. The van der Waals surface area contributed by atoms with Gasteiger partial charge in [-0.05, 0) is 43.0 Å². The Morgan fingerprint density at radius 1 is 1.44 bits per heavy atom. The summed E-state index contributed by atoms with van der Waals surface area (Å²) in [6.45, 7) is 2.44. The summed E-state index contributed by atoms with van der Waals surface area (Å²) in [7, 11) is 0. The third kappa shape index (κ3) is 2.25. The second-order valence-electron chi connectivity index (χ2n) is 4.08. The van der Waals surface area contributed by atoms with Crippen molar-refractivity contribution in [2.75, 3.05) is 6.61 Å². The first-order valence-corrected chi connectivity index (χ1v) is 5.53. The number of hydrogen-bond acceptors (Lipinski definition) is 2. The van der Waals surface area contributed by atoms with Crippen molar-refractivity contribution >= 4 is 0 Å². The standard InChI is InChI=1S/C13H16FNO/c1-9-5-6-10(8-11(9)14)13(15)12-4-2-3-7-16-12/h4-6,8,13H,2-3,7,15H2,1H3. The van der Waals surface area contributed by atoms with Crippen molar-refractivity contribution in [2.24, 2.45) is 5.73 Å². The molecule has 1 heterocycles. The highest BCUT2D eigenvalue weighted by atomic mass is 19.1. The number of nitrogens with two attached hydrogens (primary N) is 1. The number of aryl methyl sites for hydroxylation is 1. The molecule has 0 spiro atoms. The largest absolute Gasteiger partial charge is 0.496 e. The molecule has 0 amide bonds. The fraction of sp³-hybridized carbons (Fsp3) is 0.385. The fourth-order valence-corrected chi connectivity index (χ4v) is 1.76. The zero-order valence-electron chi connectivity index (χ0n) is 9.37. The quantitative estimate of drug-likeness (QED) is 0.833. The van der Waals surface area contributed by atoms with Crippen LogP contribution in [0.5, 0.6) is 0 Å². The van der Waals surface area contributed by atoms with Crippen molar-refractivity contribution in [1.29, 1.82) is 0 Å². The van der Waals surface area contributed by atoms with Crippen molar-refractivity contribution in [3.8, 4) is 0 Å². The van der Waals surface area contributed by atoms with Crippen LogP contribution in [0.25, 0.3) is 0 Å². The molecule has 86 valence electrons. The molecular weight excluding hydrogens is 205 g/mol. The Morgan fingerprint density at radius 3 is 2.88 bits per heavy atom. The van der Waals surface area contributed by atoms with Crippen molar-refractivity contribution in [2.45, 2.75) is 25.8 Å². The first-order valence-electron chi connectivity index (χ1n) is 5.53. The molecule has 0 radical (unpaired) electrons. The van der Waals surface area contributed by atoms with Gasteiger partial charge in [-0.3, -0.25) is 0 Å². The molecule has 1 aromatic carbocycles. The van der Waals surface area contributed by atoms with E-state index in [0.717, 1.165) is 24.2 Å². The topological polar surface area (TPSA) is 35.2 Å². The maximum absolute atomic E-state index is 13.4. The monoisotopic (exact) mass is 221 g/mol. The lowest BCUT2D eigenvalue weighted by Gasteiger charge is -2.21. The summed E-state index contributed by atoms with van der Waals surface area (Å²) in [4.78, 5) is 0. The summed E-state index contributed by atoms with van der Waals surface area (Å²) in [5.41, 5.74) is 7.42. The molecule has 16 heavy (non-hydrogen) atoms. The van der Waals surface area contributed by atoms with E-state index in [9.17, 15) is 4.39 Å². The van der Waals surface area contributed by atoms with Crippen LogP contribution in [-0.2, 0) is 4.74 Å². The summed E-state index contributed by atoms with van der Waals surface area (Å²) in [5.74, 6) is 0.541. The average molecular weight is 221 g/mol. The van der Waals surface area contributed by atoms with Crippen LogP contribution >= 0.6 is 0 Å². The van der Waals surface area contributed by atoms with Gasteiger partial charge in [0.25, 0.3) is 0 Å². The maximum Gasteiger partial charge on any atom is 0.126 e. The lowest BCUT2D eigenvalue weighted by molar-refractivity contribution is 0.176. The first-order chi connectivity index (χ1) is 7.68. The number of hydrogen-bond donors (Lipinski definition) is 1. The lowest BCUT2D eigenvalue weighted by atomic mass is 10.0. The number of allylic oxidation sites excluding steroid dienone is 1. The van der Waals surface area contributed by atoms with Gasteiger partial charge in [0, 0.05) is 0 Å². The van der Waals surface area contributed by atoms with E-state index in [1.165, 1.54) is 6.07 Å². The predicted octanol–water partition coefficient (Wildman–Crippen LogP) is 2.83. The molecule has 2 N–H and O–H groups in total. The molecule has 0 fully saturated rings. The minimum absolute atomic E-state index is 0.218. The average Bonchev–Trinajstić information content (AvgIpc) is 2.33. The zero-order valence-corrected chi connectivity index (χ0v) is 9.37. The van der Waals surface area contributed by atoms with E-state index in [1.54, 1.807) is 13.0 Å². The van der Waals surface area contributed by atoms with Crippen molar-refractivity contribution in [3.63, 3.8) is 0 Å². The number of ether oxygens (including phenoxy) is 1. The van der Waals surface area contributed by atoms with Gasteiger partial charge in [0.2, 0.25) is 0 Å². The number of halogens is 1. The second kappa shape index (κ2) is 4.66. The van der Waals surface area contributed by atoms with Gasteiger partial charge in [0.15, 0.2) is 0 Å². The van der Waals surface area contributed by atoms with E-state index in [-0.39, 0.29) is 11.9 Å². The molecule has 0 bridgehead atoms. The van der Waals surface area contributed by atoms with Gasteiger partial charge in [0.1, 0.15) is 11.6 Å². The van der Waals surface area contributed by atoms with Crippen LogP contribution in [0.1, 0.15) is 30.0 Å². The molecule has 1 unspecified atom stereocenters. The van der Waals surface area contributed by atoms with Crippen LogP contribution in [0.2, 0.25) is 0 Å². The Hall–Kier alpha value is -1.35. The smallest absolute Gasteiger partial charge is 0.126 e. The normalized spacial score (nSPS) is 17.6. The summed E-state index contributed by atoms with van der Waals surface area (Å²) in [6, 6.07) is 4.73. The first kappa shape index (κ1) is 11.1. The van der Waals surface area contributed by atoms with E-state index < -0.39 is 0 Å². The van der Waals surface area contributed by atoms with Crippen LogP contribution < -0.4 is 5.73 Å². The summed E-state index contributed by atoms with van der Waals surface area (Å²) in [6.07, 6.45) is 4.00. The third-order valence-corrected chi connectivity index (χ3v) is 2.82. The van der Waals surface area contributed by atoms with E-state index in [2.05, 4.69) is 0 Å². The highest BCUT2D eigenvalue weighted by molar-refractivity contribution is 5.29. The Kier molecular flexibility index (Phi) is 3.25. The van der Waals surface area contributed by atoms with Gasteiger partial charge in [-0.1, -0.05) is 12.1 Å². The molecular formula is C13H16FNO. The zero-order chi connectivity index (χ0) is 11.5. The molecule has 1 aromatic rings. The molecule has 1 aliphatic rings. The molecule has 0 saturated carbocycles. The summed E-state index contributed by atoms with van der Waals surface area (Å²) < 4.78 is 18.9. The van der Waals surface area contributed by atoms with E-state index in [4.69, 9.17) is 10.5 Å². The molecule has 0 saturated heterocycles. The van der Waals surface area contributed by atoms with Gasteiger partial charge >= 0.3 is 0 Å². The number of rotatable bonds is 2. The summed E-state index contributed by atoms with van der Waals surface area (Å²) in [5, 5.41) is 0. The molecule has 1 atom stereocenters. The SMILES string of the molecule is Cc1ccc(C(N)C2=CCCCO2)cc1F. The molecule has 2 nitrogen and oxygen atoms in total. The van der Waals surface area contributed by atoms with Crippen LogP contribution in [0.15, 0.2) is 30.0 Å². The van der Waals surface area contributed by atoms with Gasteiger partial charge in [-0.25, -0.2) is 4.39 Å². The Morgan fingerprint density at radius 2 is 2.25 bits per heavy atom. The third-order valence-electron chi connectivity index (χ3n) is 2.82. The molecule has 3 heteroatoms. The van der Waals surface area contributed by atoms with Crippen LogP contribution in [0, 0.1) is 12.7 Å². The van der Waals surface area contributed by atoms with E-state index in [1.807, 2.05) is 12.1 Å². The lowest BCUT2D eigenvalue weighted by Crippen LogP contribution is -2.18. The van der Waals surface area contributed by atoms with Crippen molar-refractivity contribution in [3.05, 3.63) is 47.0 Å². The molecule has 1 aliphatic heterocycles. The van der Waals surface area contributed by atoms with Crippen molar-refractivity contribution in [1.82, 2.24) is 0 Å². The van der Waals surface area contributed by atoms with Gasteiger partial charge in [0.05, 0.1) is 12.6 Å². The molecule has 0 aromatic heterocycles. The van der Waals surface area contributed by atoms with Crippen molar-refractivity contribution < 1.29 is 9.13 Å². The molecule has 0 aliphatic carbocycles. The van der Waals surface area contributed by atoms with Gasteiger partial charge in [-0.15, -0.1) is 0 Å². The van der Waals surface area contributed by atoms with Crippen LogP contribution in [-0.4, -0.2) is 6.61 Å². The maximum atomic E-state index is 13.4.